The zero-order valence-corrected chi connectivity index (χ0v) is 12.0. The largest absolute Gasteiger partial charge is 0.398 e. The topological polar surface area (TPSA) is 88.3 Å². The molecule has 6 nitrogen and oxygen atoms in total. The molecule has 1 aliphatic rings. The highest BCUT2D eigenvalue weighted by atomic mass is 32.2. The fourth-order valence-corrected chi connectivity index (χ4v) is 3.10. The van der Waals surface area contributed by atoms with E-state index in [1.807, 2.05) is 14.0 Å². The Morgan fingerprint density at radius 1 is 1.58 bits per heavy atom. The molecule has 7 heteroatoms. The van der Waals surface area contributed by atoms with E-state index in [1.54, 1.807) is 0 Å². The minimum Gasteiger partial charge on any atom is -0.398 e. The van der Waals surface area contributed by atoms with Crippen LogP contribution in [-0.4, -0.2) is 44.0 Å². The maximum Gasteiger partial charge on any atom is 0.244 e. The number of anilines is 1. The van der Waals surface area contributed by atoms with Crippen molar-refractivity contribution in [1.82, 2.24) is 14.6 Å². The summed E-state index contributed by atoms with van der Waals surface area (Å²) in [4.78, 5) is 6.04. The third-order valence-electron chi connectivity index (χ3n) is 3.49. The summed E-state index contributed by atoms with van der Waals surface area (Å²) in [5.41, 5.74) is 5.88. The molecule has 106 valence electrons. The van der Waals surface area contributed by atoms with Gasteiger partial charge < -0.3 is 5.73 Å². The molecule has 1 aliphatic carbocycles. The summed E-state index contributed by atoms with van der Waals surface area (Å²) in [6, 6.07) is 2.23. The Bertz CT molecular complexity index is 542. The van der Waals surface area contributed by atoms with Gasteiger partial charge in [-0.25, -0.2) is 13.1 Å². The summed E-state index contributed by atoms with van der Waals surface area (Å²) in [6.07, 6.45) is 5.14. The van der Waals surface area contributed by atoms with Gasteiger partial charge in [0.15, 0.2) is 0 Å². The number of pyridine rings is 1. The Balaban J connectivity index is 2.00. The second-order valence-electron chi connectivity index (χ2n) is 5.01. The van der Waals surface area contributed by atoms with E-state index in [-0.39, 0.29) is 16.6 Å². The first-order valence-corrected chi connectivity index (χ1v) is 7.81. The molecule has 1 aromatic rings. The van der Waals surface area contributed by atoms with E-state index in [9.17, 15) is 8.42 Å². The molecular formula is C12H20N4O2S. The molecule has 1 unspecified atom stereocenters. The van der Waals surface area contributed by atoms with Gasteiger partial charge in [-0.15, -0.1) is 0 Å². The molecule has 1 saturated carbocycles. The Hall–Kier alpha value is -1.18. The van der Waals surface area contributed by atoms with Crippen molar-refractivity contribution in [3.05, 3.63) is 18.5 Å². The summed E-state index contributed by atoms with van der Waals surface area (Å²) in [5, 5.41) is 0. The van der Waals surface area contributed by atoms with Crippen LogP contribution in [0.2, 0.25) is 0 Å². The van der Waals surface area contributed by atoms with Crippen LogP contribution in [0.1, 0.15) is 19.8 Å². The molecule has 1 fully saturated rings. The summed E-state index contributed by atoms with van der Waals surface area (Å²) in [7, 11) is -1.57. The van der Waals surface area contributed by atoms with Gasteiger partial charge >= 0.3 is 0 Å². The zero-order chi connectivity index (χ0) is 14.0. The first-order valence-electron chi connectivity index (χ1n) is 6.33. The maximum atomic E-state index is 12.1. The molecule has 0 amide bonds. The molecule has 0 aliphatic heterocycles. The highest BCUT2D eigenvalue weighted by molar-refractivity contribution is 7.89. The molecule has 0 saturated heterocycles. The number of sulfonamides is 1. The third-order valence-corrected chi connectivity index (χ3v) is 4.96. The average Bonchev–Trinajstić information content (AvgIpc) is 3.19. The zero-order valence-electron chi connectivity index (χ0n) is 11.2. The van der Waals surface area contributed by atoms with Crippen molar-refractivity contribution >= 4 is 15.7 Å². The highest BCUT2D eigenvalue weighted by Crippen LogP contribution is 2.26. The maximum absolute atomic E-state index is 12.1. The highest BCUT2D eigenvalue weighted by Gasteiger charge is 2.29. The summed E-state index contributed by atoms with van der Waals surface area (Å²) in [6.45, 7) is 2.37. The molecule has 0 radical (unpaired) electrons. The van der Waals surface area contributed by atoms with Crippen LogP contribution >= 0.6 is 0 Å². The molecule has 0 spiro atoms. The van der Waals surface area contributed by atoms with Crippen molar-refractivity contribution in [2.24, 2.45) is 0 Å². The fourth-order valence-electron chi connectivity index (χ4n) is 1.91. The van der Waals surface area contributed by atoms with Crippen molar-refractivity contribution in [2.45, 2.75) is 36.7 Å². The van der Waals surface area contributed by atoms with Crippen LogP contribution in [0.4, 0.5) is 5.69 Å². The number of hydrogen-bond acceptors (Lipinski definition) is 5. The Morgan fingerprint density at radius 3 is 2.84 bits per heavy atom. The van der Waals surface area contributed by atoms with Gasteiger partial charge in [-0.2, -0.15) is 0 Å². The van der Waals surface area contributed by atoms with Gasteiger partial charge in [-0.3, -0.25) is 9.88 Å². The van der Waals surface area contributed by atoms with Gasteiger partial charge in [0.05, 0.1) is 5.69 Å². The van der Waals surface area contributed by atoms with E-state index in [4.69, 9.17) is 5.73 Å². The van der Waals surface area contributed by atoms with Crippen LogP contribution in [0.15, 0.2) is 23.4 Å². The molecule has 0 bridgehead atoms. The van der Waals surface area contributed by atoms with Crippen LogP contribution in [0.5, 0.6) is 0 Å². The van der Waals surface area contributed by atoms with E-state index in [1.165, 1.54) is 31.3 Å². The standard InChI is InChI=1S/C12H20N4O2S/c1-9(16(2)10-3-4-10)7-15-19(17,18)12-8-14-6-5-11(12)13/h5-6,8-10,15H,3-4,7H2,1-2H3,(H2,13,14). The van der Waals surface area contributed by atoms with Gasteiger partial charge in [0.2, 0.25) is 10.0 Å². The predicted octanol–water partition coefficient (Wildman–Crippen LogP) is 0.425. The van der Waals surface area contributed by atoms with Crippen LogP contribution in [0.3, 0.4) is 0 Å². The smallest absolute Gasteiger partial charge is 0.244 e. The normalized spacial score (nSPS) is 17.6. The van der Waals surface area contributed by atoms with Crippen LogP contribution in [-0.2, 0) is 10.0 Å². The minimum atomic E-state index is -3.59. The van der Waals surface area contributed by atoms with Crippen LogP contribution in [0.25, 0.3) is 0 Å². The van der Waals surface area contributed by atoms with Crippen LogP contribution in [0, 0.1) is 0 Å². The quantitative estimate of drug-likeness (QED) is 0.790. The van der Waals surface area contributed by atoms with Crippen LogP contribution < -0.4 is 10.5 Å². The summed E-state index contributed by atoms with van der Waals surface area (Å²) >= 11 is 0. The number of likely N-dealkylation sites (N-methyl/N-ethyl adjacent to an activating group) is 1. The van der Waals surface area contributed by atoms with Gasteiger partial charge in [0.25, 0.3) is 0 Å². The monoisotopic (exact) mass is 284 g/mol. The molecule has 1 atom stereocenters. The van der Waals surface area contributed by atoms with E-state index < -0.39 is 10.0 Å². The second-order valence-corrected chi connectivity index (χ2v) is 6.75. The third kappa shape index (κ3) is 3.43. The number of nitrogen functional groups attached to an aromatic ring is 1. The van der Waals surface area contributed by atoms with Crippen molar-refractivity contribution < 1.29 is 8.42 Å². The molecule has 1 aromatic heterocycles. The Morgan fingerprint density at radius 2 is 2.26 bits per heavy atom. The SMILES string of the molecule is CC(CNS(=O)(=O)c1cnccc1N)N(C)C1CC1. The predicted molar refractivity (Wildman–Crippen MR) is 74.1 cm³/mol. The lowest BCUT2D eigenvalue weighted by atomic mass is 10.3. The number of nitrogens with one attached hydrogen (secondary N) is 1. The lowest BCUT2D eigenvalue weighted by Gasteiger charge is -2.24. The number of nitrogens with zero attached hydrogens (tertiary/aromatic N) is 2. The molecule has 1 heterocycles. The molecule has 2 rings (SSSR count). The number of hydrogen-bond donors (Lipinski definition) is 2. The average molecular weight is 284 g/mol. The van der Waals surface area contributed by atoms with E-state index in [0.29, 0.717) is 12.6 Å². The summed E-state index contributed by atoms with van der Waals surface area (Å²) < 4.78 is 26.8. The summed E-state index contributed by atoms with van der Waals surface area (Å²) in [5.74, 6) is 0. The second kappa shape index (κ2) is 5.44. The molecular weight excluding hydrogens is 264 g/mol. The Labute approximate surface area is 114 Å². The van der Waals surface area contributed by atoms with Gasteiger partial charge in [0.1, 0.15) is 4.90 Å². The number of rotatable bonds is 6. The first kappa shape index (κ1) is 14.2. The van der Waals surface area contributed by atoms with Gasteiger partial charge in [-0.1, -0.05) is 0 Å². The lowest BCUT2D eigenvalue weighted by molar-refractivity contribution is 0.248. The minimum absolute atomic E-state index is 0.0382. The van der Waals surface area contributed by atoms with Gasteiger partial charge in [0, 0.05) is 31.0 Å². The van der Waals surface area contributed by atoms with Crippen molar-refractivity contribution in [1.29, 1.82) is 0 Å². The van der Waals surface area contributed by atoms with Crippen molar-refractivity contribution in [2.75, 3.05) is 19.3 Å². The molecule has 3 N–H and O–H groups in total. The Kier molecular flexibility index (Phi) is 4.07. The number of aromatic nitrogens is 1. The first-order chi connectivity index (χ1) is 8.92. The molecule has 19 heavy (non-hydrogen) atoms. The molecule has 0 aromatic carbocycles. The van der Waals surface area contributed by atoms with Gasteiger partial charge in [-0.05, 0) is 32.9 Å². The van der Waals surface area contributed by atoms with Crippen molar-refractivity contribution in [3.8, 4) is 0 Å². The van der Waals surface area contributed by atoms with E-state index >= 15 is 0 Å². The van der Waals surface area contributed by atoms with E-state index in [2.05, 4.69) is 14.6 Å². The van der Waals surface area contributed by atoms with E-state index in [0.717, 1.165) is 0 Å². The van der Waals surface area contributed by atoms with Crippen molar-refractivity contribution in [3.63, 3.8) is 0 Å². The number of nitrogens with two attached hydrogens (primary N) is 1. The lowest BCUT2D eigenvalue weighted by Crippen LogP contribution is -2.41. The fraction of sp³-hybridized carbons (Fsp3) is 0.583.